The number of anilines is 1. The average molecular weight is 790 g/mol. The summed E-state index contributed by atoms with van der Waals surface area (Å²) in [5, 5.41) is 43.5. The fraction of sp³-hybridized carbons (Fsp3) is 0.333. The van der Waals surface area contributed by atoms with Crippen molar-refractivity contribution in [2.75, 3.05) is 38.1 Å². The number of aromatic nitrogens is 1. The number of nitriles is 1. The Labute approximate surface area is 317 Å². The van der Waals surface area contributed by atoms with Crippen LogP contribution in [0, 0.1) is 16.7 Å². The first kappa shape index (κ1) is 38.7. The van der Waals surface area contributed by atoms with Crippen molar-refractivity contribution in [2.24, 2.45) is 0 Å². The van der Waals surface area contributed by atoms with Crippen LogP contribution in [0.2, 0.25) is 5.02 Å². The van der Waals surface area contributed by atoms with Crippen LogP contribution in [-0.4, -0.2) is 70.6 Å². The standard InChI is InChI=1S/C39H42BrClN6O5/c1-25(43)37-30(8-5-10-33(37)45-11-6-14-47-12-2-3-13-47)31-9-4-7-28(38(31)40)24-52-36-17-35(51-23-27-15-26(18-42)19-44-20-27)29(16-32(36)41)21-46-34(22-48)39(49)50/h4-5,7-10,15-17,19-20,34,43,45-46,48H,2-3,6,11-14,21-24H2,1H3,(H,49,50). The Morgan fingerprint density at radius 1 is 1.08 bits per heavy atom. The minimum absolute atomic E-state index is 0.0398. The van der Waals surface area contributed by atoms with E-state index in [0.29, 0.717) is 33.9 Å². The Morgan fingerprint density at radius 3 is 2.56 bits per heavy atom. The summed E-state index contributed by atoms with van der Waals surface area (Å²) in [5.41, 5.74) is 6.53. The molecule has 1 atom stereocenters. The third-order valence-electron chi connectivity index (χ3n) is 8.81. The van der Waals surface area contributed by atoms with Crippen molar-refractivity contribution in [2.45, 2.75) is 52.0 Å². The predicted octanol–water partition coefficient (Wildman–Crippen LogP) is 7.01. The van der Waals surface area contributed by atoms with Gasteiger partial charge in [0.2, 0.25) is 0 Å². The summed E-state index contributed by atoms with van der Waals surface area (Å²) in [5.74, 6) is -0.475. The van der Waals surface area contributed by atoms with Gasteiger partial charge in [-0.1, -0.05) is 41.9 Å². The summed E-state index contributed by atoms with van der Waals surface area (Å²) in [6.45, 7) is 5.72. The van der Waals surface area contributed by atoms with Crippen LogP contribution in [0.3, 0.4) is 0 Å². The molecule has 13 heteroatoms. The Kier molecular flexibility index (Phi) is 14.0. The SMILES string of the molecule is CC(=N)c1c(NCCCN2CCCC2)cccc1-c1cccc(COc2cc(OCc3cncc(C#N)c3)c(CNC(CO)C(=O)O)cc2Cl)c1Br. The first-order valence-electron chi connectivity index (χ1n) is 17.1. The quantitative estimate of drug-likeness (QED) is 0.0523. The van der Waals surface area contributed by atoms with E-state index in [0.717, 1.165) is 51.9 Å². The van der Waals surface area contributed by atoms with Crippen LogP contribution in [-0.2, 0) is 24.6 Å². The number of benzene rings is 3. The van der Waals surface area contributed by atoms with Crippen molar-refractivity contribution in [3.63, 3.8) is 0 Å². The van der Waals surface area contributed by atoms with Crippen LogP contribution >= 0.6 is 27.5 Å². The number of aliphatic hydroxyl groups excluding tert-OH is 1. The van der Waals surface area contributed by atoms with Gasteiger partial charge in [-0.25, -0.2) is 0 Å². The molecule has 0 amide bonds. The molecule has 0 bridgehead atoms. The molecule has 0 saturated carbocycles. The van der Waals surface area contributed by atoms with E-state index in [4.69, 9.17) is 26.5 Å². The lowest BCUT2D eigenvalue weighted by Crippen LogP contribution is -2.39. The van der Waals surface area contributed by atoms with Crippen molar-refractivity contribution in [1.82, 2.24) is 15.2 Å². The molecule has 1 saturated heterocycles. The monoisotopic (exact) mass is 788 g/mol. The second-order valence-corrected chi connectivity index (χ2v) is 13.8. The zero-order chi connectivity index (χ0) is 37.0. The average Bonchev–Trinajstić information content (AvgIpc) is 3.67. The van der Waals surface area contributed by atoms with Crippen LogP contribution in [0.4, 0.5) is 5.69 Å². The van der Waals surface area contributed by atoms with E-state index in [-0.39, 0.29) is 24.8 Å². The van der Waals surface area contributed by atoms with E-state index >= 15 is 0 Å². The third kappa shape index (κ3) is 10.1. The number of carboxylic acids is 1. The number of halogens is 2. The van der Waals surface area contributed by atoms with Gasteiger partial charge in [0.25, 0.3) is 0 Å². The summed E-state index contributed by atoms with van der Waals surface area (Å²) in [6, 6.07) is 17.8. The summed E-state index contributed by atoms with van der Waals surface area (Å²) in [6.07, 6.45) is 6.63. The fourth-order valence-corrected chi connectivity index (χ4v) is 6.96. The molecule has 5 rings (SSSR count). The third-order valence-corrected chi connectivity index (χ3v) is 10.0. The number of hydrogen-bond acceptors (Lipinski definition) is 10. The highest BCUT2D eigenvalue weighted by Gasteiger charge is 2.20. The number of likely N-dealkylation sites (tertiary alicyclic amines) is 1. The van der Waals surface area contributed by atoms with E-state index in [9.17, 15) is 20.3 Å². The number of rotatable bonds is 18. The van der Waals surface area contributed by atoms with Crippen molar-refractivity contribution in [3.8, 4) is 28.7 Å². The Bertz CT molecular complexity index is 1930. The highest BCUT2D eigenvalue weighted by atomic mass is 79.9. The maximum absolute atomic E-state index is 11.5. The predicted molar refractivity (Wildman–Crippen MR) is 205 cm³/mol. The normalized spacial score (nSPS) is 13.4. The maximum atomic E-state index is 11.5. The van der Waals surface area contributed by atoms with Crippen molar-refractivity contribution in [3.05, 3.63) is 104 Å². The molecule has 0 spiro atoms. The second kappa shape index (κ2) is 18.8. The lowest BCUT2D eigenvalue weighted by molar-refractivity contribution is -0.140. The largest absolute Gasteiger partial charge is 0.488 e. The van der Waals surface area contributed by atoms with Crippen molar-refractivity contribution < 1.29 is 24.5 Å². The zero-order valence-electron chi connectivity index (χ0n) is 28.9. The molecule has 11 nitrogen and oxygen atoms in total. The molecule has 52 heavy (non-hydrogen) atoms. The van der Waals surface area contributed by atoms with Gasteiger partial charge in [0.15, 0.2) is 0 Å². The smallest absolute Gasteiger partial charge is 0.323 e. The van der Waals surface area contributed by atoms with Gasteiger partial charge >= 0.3 is 5.97 Å². The van der Waals surface area contributed by atoms with Crippen LogP contribution in [0.1, 0.15) is 54.0 Å². The molecule has 1 aliphatic rings. The van der Waals surface area contributed by atoms with Gasteiger partial charge in [0, 0.05) is 69.7 Å². The molecule has 1 fully saturated rings. The van der Waals surface area contributed by atoms with Gasteiger partial charge in [-0.3, -0.25) is 15.1 Å². The van der Waals surface area contributed by atoms with Gasteiger partial charge in [-0.15, -0.1) is 0 Å². The highest BCUT2D eigenvalue weighted by Crippen LogP contribution is 2.38. The molecule has 272 valence electrons. The van der Waals surface area contributed by atoms with Gasteiger partial charge in [-0.2, -0.15) is 5.26 Å². The lowest BCUT2D eigenvalue weighted by Gasteiger charge is -2.20. The molecule has 0 aliphatic carbocycles. The summed E-state index contributed by atoms with van der Waals surface area (Å²) in [4.78, 5) is 18.1. The molecule has 5 N–H and O–H groups in total. The van der Waals surface area contributed by atoms with E-state index in [1.165, 1.54) is 32.1 Å². The topological polar surface area (TPSA) is 164 Å². The number of aliphatic carboxylic acids is 1. The Balaban J connectivity index is 1.36. The minimum atomic E-state index is -1.19. The number of nitrogens with one attached hydrogen (secondary N) is 3. The molecule has 0 radical (unpaired) electrons. The summed E-state index contributed by atoms with van der Waals surface area (Å²) >= 11 is 10.5. The number of ether oxygens (including phenoxy) is 2. The minimum Gasteiger partial charge on any atom is -0.488 e. The molecule has 1 aliphatic heterocycles. The first-order valence-corrected chi connectivity index (χ1v) is 18.3. The molecule has 4 aromatic rings. The molecular weight excluding hydrogens is 748 g/mol. The van der Waals surface area contributed by atoms with E-state index in [1.807, 2.05) is 36.4 Å². The van der Waals surface area contributed by atoms with Gasteiger partial charge < -0.3 is 35.3 Å². The second-order valence-electron chi connectivity index (χ2n) is 12.6. The number of carboxylic acid groups (broad SMARTS) is 1. The van der Waals surface area contributed by atoms with Crippen LogP contribution < -0.4 is 20.1 Å². The highest BCUT2D eigenvalue weighted by molar-refractivity contribution is 9.10. The van der Waals surface area contributed by atoms with Gasteiger partial charge in [0.1, 0.15) is 36.8 Å². The molecule has 1 aromatic heterocycles. The summed E-state index contributed by atoms with van der Waals surface area (Å²) < 4.78 is 13.2. The fourth-order valence-electron chi connectivity index (χ4n) is 6.13. The van der Waals surface area contributed by atoms with Crippen molar-refractivity contribution >= 4 is 44.9 Å². The van der Waals surface area contributed by atoms with E-state index in [1.54, 1.807) is 31.3 Å². The van der Waals surface area contributed by atoms with E-state index < -0.39 is 18.6 Å². The number of hydrogen-bond donors (Lipinski definition) is 5. The number of aliphatic hydroxyl groups is 1. The number of pyridine rings is 1. The summed E-state index contributed by atoms with van der Waals surface area (Å²) in [7, 11) is 0. The van der Waals surface area contributed by atoms with Crippen molar-refractivity contribution in [1.29, 1.82) is 10.7 Å². The van der Waals surface area contributed by atoms with Crippen LogP contribution in [0.25, 0.3) is 11.1 Å². The van der Waals surface area contributed by atoms with Gasteiger partial charge in [0.05, 0.1) is 17.2 Å². The van der Waals surface area contributed by atoms with E-state index in [2.05, 4.69) is 42.5 Å². The van der Waals surface area contributed by atoms with Gasteiger partial charge in [-0.05, 0) is 91.1 Å². The Morgan fingerprint density at radius 2 is 1.83 bits per heavy atom. The van der Waals surface area contributed by atoms with Crippen LogP contribution in [0.15, 0.2) is 71.5 Å². The first-order chi connectivity index (χ1) is 25.2. The number of nitrogens with zero attached hydrogens (tertiary/aromatic N) is 3. The zero-order valence-corrected chi connectivity index (χ0v) is 31.3. The Hall–Kier alpha value is -4.51. The molecule has 1 unspecified atom stereocenters. The lowest BCUT2D eigenvalue weighted by atomic mass is 9.94. The molecule has 2 heterocycles. The maximum Gasteiger partial charge on any atom is 0.323 e. The number of carbonyl (C=O) groups is 1. The molecule has 3 aromatic carbocycles. The van der Waals surface area contributed by atoms with Crippen LogP contribution in [0.5, 0.6) is 11.5 Å². The molecular formula is C39H42BrClN6O5.